The molecule has 7 heteroatoms. The third-order valence-electron chi connectivity index (χ3n) is 3.83. The van der Waals surface area contributed by atoms with E-state index >= 15 is 0 Å². The first kappa shape index (κ1) is 18.7. The number of esters is 1. The van der Waals surface area contributed by atoms with Crippen molar-refractivity contribution in [1.82, 2.24) is 0 Å². The smallest absolute Gasteiger partial charge is 0.339 e. The van der Waals surface area contributed by atoms with Gasteiger partial charge in [0.15, 0.2) is 0 Å². The van der Waals surface area contributed by atoms with Gasteiger partial charge in [-0.25, -0.2) is 4.79 Å². The van der Waals surface area contributed by atoms with Gasteiger partial charge in [-0.15, -0.1) is 12.4 Å². The Bertz CT molecular complexity index is 558. The first-order valence-electron chi connectivity index (χ1n) is 6.94. The summed E-state index contributed by atoms with van der Waals surface area (Å²) in [5.74, 6) is -0.718. The Hall–Kier alpha value is -1.30. The number of hydrogen-bond acceptors (Lipinski definition) is 4. The van der Waals surface area contributed by atoms with Crippen molar-refractivity contribution in [2.45, 2.75) is 37.6 Å². The highest BCUT2D eigenvalue weighted by Crippen LogP contribution is 2.28. The zero-order valence-corrected chi connectivity index (χ0v) is 13.9. The quantitative estimate of drug-likeness (QED) is 0.823. The minimum atomic E-state index is -0.814. The van der Waals surface area contributed by atoms with Crippen LogP contribution in [0.2, 0.25) is 5.02 Å². The molecule has 22 heavy (non-hydrogen) atoms. The molecule has 1 aromatic carbocycles. The summed E-state index contributed by atoms with van der Waals surface area (Å²) in [6.45, 7) is 0. The number of methoxy groups -OCH3 is 1. The van der Waals surface area contributed by atoms with E-state index < -0.39 is 11.5 Å². The zero-order valence-electron chi connectivity index (χ0n) is 12.4. The Morgan fingerprint density at radius 1 is 1.27 bits per heavy atom. The lowest BCUT2D eigenvalue weighted by atomic mass is 9.82. The molecule has 0 bridgehead atoms. The summed E-state index contributed by atoms with van der Waals surface area (Å²) < 4.78 is 4.62. The van der Waals surface area contributed by atoms with Crippen LogP contribution in [-0.2, 0) is 9.53 Å². The highest BCUT2D eigenvalue weighted by molar-refractivity contribution is 6.34. The number of halogens is 2. The number of anilines is 1. The Labute approximate surface area is 140 Å². The fourth-order valence-corrected chi connectivity index (χ4v) is 2.79. The fraction of sp³-hybridized carbons (Fsp3) is 0.467. The predicted molar refractivity (Wildman–Crippen MR) is 88.7 cm³/mol. The summed E-state index contributed by atoms with van der Waals surface area (Å²) in [7, 11) is 1.29. The van der Waals surface area contributed by atoms with Crippen LogP contribution in [0.5, 0.6) is 0 Å². The summed E-state index contributed by atoms with van der Waals surface area (Å²) in [6.07, 6.45) is 4.42. The lowest BCUT2D eigenvalue weighted by Gasteiger charge is -2.31. The molecule has 3 N–H and O–H groups in total. The second-order valence-electron chi connectivity index (χ2n) is 5.36. The number of benzene rings is 1. The van der Waals surface area contributed by atoms with E-state index in [-0.39, 0.29) is 28.9 Å². The van der Waals surface area contributed by atoms with Gasteiger partial charge in [0, 0.05) is 5.69 Å². The Morgan fingerprint density at radius 3 is 2.45 bits per heavy atom. The summed E-state index contributed by atoms with van der Waals surface area (Å²) >= 11 is 6.02. The van der Waals surface area contributed by atoms with E-state index in [9.17, 15) is 9.59 Å². The summed E-state index contributed by atoms with van der Waals surface area (Å²) in [5.41, 5.74) is 6.14. The van der Waals surface area contributed by atoms with Gasteiger partial charge in [-0.05, 0) is 31.0 Å². The normalized spacial score (nSPS) is 16.3. The van der Waals surface area contributed by atoms with Gasteiger partial charge in [-0.3, -0.25) is 4.79 Å². The first-order chi connectivity index (χ1) is 9.96. The minimum Gasteiger partial charge on any atom is -0.465 e. The molecule has 0 spiro atoms. The van der Waals surface area contributed by atoms with Crippen LogP contribution < -0.4 is 11.1 Å². The molecule has 0 radical (unpaired) electrons. The molecule has 0 unspecified atom stereocenters. The van der Waals surface area contributed by atoms with Crippen molar-refractivity contribution in [2.75, 3.05) is 12.4 Å². The molecule has 0 aromatic heterocycles. The third-order valence-corrected chi connectivity index (χ3v) is 4.14. The molecule has 0 atom stereocenters. The monoisotopic (exact) mass is 346 g/mol. The van der Waals surface area contributed by atoms with Crippen LogP contribution in [0.25, 0.3) is 0 Å². The van der Waals surface area contributed by atoms with Gasteiger partial charge in [-0.2, -0.15) is 0 Å². The average molecular weight is 347 g/mol. The van der Waals surface area contributed by atoms with Crippen LogP contribution in [-0.4, -0.2) is 24.5 Å². The molecular weight excluding hydrogens is 327 g/mol. The van der Waals surface area contributed by atoms with E-state index in [0.717, 1.165) is 19.3 Å². The average Bonchev–Trinajstić information content (AvgIpc) is 2.47. The predicted octanol–water partition coefficient (Wildman–Crippen LogP) is 3.15. The van der Waals surface area contributed by atoms with E-state index in [2.05, 4.69) is 10.1 Å². The maximum Gasteiger partial charge on any atom is 0.339 e. The van der Waals surface area contributed by atoms with Gasteiger partial charge in [0.2, 0.25) is 5.91 Å². The second kappa shape index (κ2) is 7.81. The number of nitrogens with two attached hydrogens (primary N) is 1. The third kappa shape index (κ3) is 4.12. The summed E-state index contributed by atoms with van der Waals surface area (Å²) in [4.78, 5) is 23.8. The van der Waals surface area contributed by atoms with Crippen LogP contribution in [0.3, 0.4) is 0 Å². The minimum absolute atomic E-state index is 0. The van der Waals surface area contributed by atoms with E-state index in [0.29, 0.717) is 18.5 Å². The van der Waals surface area contributed by atoms with Crippen LogP contribution in [0, 0.1) is 0 Å². The zero-order chi connectivity index (χ0) is 15.5. The molecule has 1 amide bonds. The van der Waals surface area contributed by atoms with Crippen molar-refractivity contribution >= 4 is 41.6 Å². The Kier molecular flexibility index (Phi) is 6.66. The highest BCUT2D eigenvalue weighted by Gasteiger charge is 2.35. The largest absolute Gasteiger partial charge is 0.465 e. The number of carbonyl (C=O) groups is 2. The number of rotatable bonds is 3. The van der Waals surface area contributed by atoms with Gasteiger partial charge >= 0.3 is 5.97 Å². The van der Waals surface area contributed by atoms with E-state index in [4.69, 9.17) is 17.3 Å². The molecule has 0 saturated heterocycles. The van der Waals surface area contributed by atoms with Crippen molar-refractivity contribution in [2.24, 2.45) is 5.73 Å². The molecule has 1 aliphatic carbocycles. The van der Waals surface area contributed by atoms with Gasteiger partial charge in [0.25, 0.3) is 0 Å². The van der Waals surface area contributed by atoms with Crippen LogP contribution in [0.1, 0.15) is 42.5 Å². The van der Waals surface area contributed by atoms with E-state index in [1.807, 2.05) is 0 Å². The van der Waals surface area contributed by atoms with Gasteiger partial charge in [0.05, 0.1) is 23.2 Å². The molecule has 1 fully saturated rings. The molecule has 1 aromatic rings. The maximum absolute atomic E-state index is 12.3. The topological polar surface area (TPSA) is 81.4 Å². The lowest BCUT2D eigenvalue weighted by Crippen LogP contribution is -2.52. The Balaban J connectivity index is 0.00000242. The lowest BCUT2D eigenvalue weighted by molar-refractivity contribution is -0.122. The Morgan fingerprint density at radius 2 is 1.91 bits per heavy atom. The van der Waals surface area contributed by atoms with Crippen molar-refractivity contribution < 1.29 is 14.3 Å². The van der Waals surface area contributed by atoms with Crippen molar-refractivity contribution in [3.05, 3.63) is 28.8 Å². The second-order valence-corrected chi connectivity index (χ2v) is 5.76. The van der Waals surface area contributed by atoms with Crippen LogP contribution >= 0.6 is 24.0 Å². The number of hydrogen-bond donors (Lipinski definition) is 2. The number of amides is 1. The SMILES string of the molecule is COC(=O)c1ccc(NC(=O)C2(N)CCCCC2)cc1Cl.Cl. The maximum atomic E-state index is 12.3. The molecule has 1 aliphatic rings. The number of ether oxygens (including phenoxy) is 1. The molecule has 1 saturated carbocycles. The highest BCUT2D eigenvalue weighted by atomic mass is 35.5. The molecular formula is C15H20Cl2N2O3. The van der Waals surface area contributed by atoms with Crippen LogP contribution in [0.4, 0.5) is 5.69 Å². The number of nitrogens with one attached hydrogen (secondary N) is 1. The van der Waals surface area contributed by atoms with Gasteiger partial charge in [-0.1, -0.05) is 30.9 Å². The molecule has 0 heterocycles. The van der Waals surface area contributed by atoms with Gasteiger partial charge in [0.1, 0.15) is 0 Å². The fourth-order valence-electron chi connectivity index (χ4n) is 2.53. The summed E-state index contributed by atoms with van der Waals surface area (Å²) in [5, 5.41) is 3.01. The number of carbonyl (C=O) groups excluding carboxylic acids is 2. The molecule has 5 nitrogen and oxygen atoms in total. The molecule has 2 rings (SSSR count). The standard InChI is InChI=1S/C15H19ClN2O3.ClH/c1-21-13(19)11-6-5-10(9-12(11)16)18-14(20)15(17)7-3-2-4-8-15;/h5-6,9H,2-4,7-8,17H2,1H3,(H,18,20);1H. The van der Waals surface area contributed by atoms with E-state index in [1.165, 1.54) is 19.2 Å². The molecule has 122 valence electrons. The van der Waals surface area contributed by atoms with Crippen molar-refractivity contribution in [1.29, 1.82) is 0 Å². The summed E-state index contributed by atoms with van der Waals surface area (Å²) in [6, 6.07) is 4.66. The van der Waals surface area contributed by atoms with Crippen molar-refractivity contribution in [3.8, 4) is 0 Å². The first-order valence-corrected chi connectivity index (χ1v) is 7.32. The van der Waals surface area contributed by atoms with Gasteiger partial charge < -0.3 is 15.8 Å². The molecule has 0 aliphatic heterocycles. The van der Waals surface area contributed by atoms with Crippen molar-refractivity contribution in [3.63, 3.8) is 0 Å². The van der Waals surface area contributed by atoms with Crippen LogP contribution in [0.15, 0.2) is 18.2 Å². The van der Waals surface area contributed by atoms with E-state index in [1.54, 1.807) is 6.07 Å².